The number of rotatable bonds is 8. The quantitative estimate of drug-likeness (QED) is 0.553. The molecular weight excluding hydrogens is 343 g/mol. The van der Waals surface area contributed by atoms with Gasteiger partial charge in [-0.3, -0.25) is 0 Å². The van der Waals surface area contributed by atoms with E-state index in [9.17, 15) is 9.50 Å². The van der Waals surface area contributed by atoms with Crippen LogP contribution in [0.1, 0.15) is 30.6 Å². The Morgan fingerprint density at radius 3 is 2.11 bits per heavy atom. The van der Waals surface area contributed by atoms with Crippen LogP contribution in [0, 0.1) is 5.82 Å². The van der Waals surface area contributed by atoms with E-state index in [-0.39, 0.29) is 18.3 Å². The Hall–Kier alpha value is -2.69. The Labute approximate surface area is 159 Å². The first-order valence-electron chi connectivity index (χ1n) is 8.89. The van der Waals surface area contributed by atoms with E-state index in [0.717, 1.165) is 11.1 Å². The third-order valence-corrected chi connectivity index (χ3v) is 4.18. The van der Waals surface area contributed by atoms with Crippen LogP contribution in [0.15, 0.2) is 84.9 Å². The lowest BCUT2D eigenvalue weighted by atomic mass is 10.0. The van der Waals surface area contributed by atoms with E-state index in [1.54, 1.807) is 6.92 Å². The fourth-order valence-corrected chi connectivity index (χ4v) is 2.85. The smallest absolute Gasteiger partial charge is 0.208 e. The van der Waals surface area contributed by atoms with E-state index in [4.69, 9.17) is 9.47 Å². The van der Waals surface area contributed by atoms with Crippen molar-refractivity contribution in [1.29, 1.82) is 0 Å². The van der Waals surface area contributed by atoms with Crippen LogP contribution in [0.2, 0.25) is 0 Å². The van der Waals surface area contributed by atoms with Crippen molar-refractivity contribution >= 4 is 0 Å². The highest BCUT2D eigenvalue weighted by Gasteiger charge is 2.29. The third kappa shape index (κ3) is 5.91. The molecule has 0 aliphatic heterocycles. The molecule has 0 saturated carbocycles. The van der Waals surface area contributed by atoms with Gasteiger partial charge >= 0.3 is 0 Å². The van der Waals surface area contributed by atoms with Crippen LogP contribution in [-0.2, 0) is 11.3 Å². The average Bonchev–Trinajstić information content (AvgIpc) is 2.68. The van der Waals surface area contributed by atoms with Gasteiger partial charge in [-0.1, -0.05) is 60.7 Å². The summed E-state index contributed by atoms with van der Waals surface area (Å²) in [5.41, 5.74) is 2.01. The van der Waals surface area contributed by atoms with E-state index < -0.39 is 5.79 Å². The third-order valence-electron chi connectivity index (χ3n) is 4.18. The van der Waals surface area contributed by atoms with E-state index in [1.807, 2.05) is 60.7 Å². The minimum atomic E-state index is -1.48. The van der Waals surface area contributed by atoms with Gasteiger partial charge in [-0.2, -0.15) is 0 Å². The van der Waals surface area contributed by atoms with Gasteiger partial charge in [-0.15, -0.1) is 0 Å². The summed E-state index contributed by atoms with van der Waals surface area (Å²) in [5, 5.41) is 10.8. The Morgan fingerprint density at radius 2 is 1.48 bits per heavy atom. The zero-order chi connectivity index (χ0) is 19.1. The zero-order valence-electron chi connectivity index (χ0n) is 15.2. The summed E-state index contributed by atoms with van der Waals surface area (Å²) in [6, 6.07) is 25.2. The Balaban J connectivity index is 1.72. The Kier molecular flexibility index (Phi) is 6.22. The molecule has 0 amide bonds. The van der Waals surface area contributed by atoms with Crippen molar-refractivity contribution in [2.45, 2.75) is 31.8 Å². The van der Waals surface area contributed by atoms with E-state index >= 15 is 0 Å². The minimum absolute atomic E-state index is 0.223. The highest BCUT2D eigenvalue weighted by molar-refractivity contribution is 5.23. The number of hydrogen-bond acceptors (Lipinski definition) is 3. The van der Waals surface area contributed by atoms with Gasteiger partial charge in [0.2, 0.25) is 5.79 Å². The van der Waals surface area contributed by atoms with Gasteiger partial charge in [0.05, 0.1) is 12.7 Å². The predicted octanol–water partition coefficient (Wildman–Crippen LogP) is 5.26. The van der Waals surface area contributed by atoms with Gasteiger partial charge in [0, 0.05) is 13.3 Å². The molecule has 4 heteroatoms. The van der Waals surface area contributed by atoms with E-state index in [2.05, 4.69) is 0 Å². The standard InChI is InChI=1S/C23H23FO3/c1-23(25,27-21-14-12-20(24)13-15-21)16-22(19-10-6-3-7-11-19)26-17-18-8-4-2-5-9-18/h2-15,22,25H,16-17H2,1H3. The summed E-state index contributed by atoms with van der Waals surface area (Å²) in [7, 11) is 0. The second-order valence-electron chi connectivity index (χ2n) is 6.63. The van der Waals surface area contributed by atoms with Crippen molar-refractivity contribution in [3.63, 3.8) is 0 Å². The highest BCUT2D eigenvalue weighted by Crippen LogP contribution is 2.30. The van der Waals surface area contributed by atoms with Gasteiger partial charge in [0.25, 0.3) is 0 Å². The predicted molar refractivity (Wildman–Crippen MR) is 103 cm³/mol. The maximum atomic E-state index is 13.1. The molecule has 0 radical (unpaired) electrons. The highest BCUT2D eigenvalue weighted by atomic mass is 19.1. The van der Waals surface area contributed by atoms with Crippen molar-refractivity contribution in [3.05, 3.63) is 102 Å². The van der Waals surface area contributed by atoms with Crippen LogP contribution in [0.4, 0.5) is 4.39 Å². The molecule has 1 N–H and O–H groups in total. The first kappa shape index (κ1) is 19.1. The first-order chi connectivity index (χ1) is 13.0. The molecule has 0 bridgehead atoms. The molecule has 0 heterocycles. The van der Waals surface area contributed by atoms with Crippen LogP contribution < -0.4 is 4.74 Å². The number of benzene rings is 3. The summed E-state index contributed by atoms with van der Waals surface area (Å²) >= 11 is 0. The van der Waals surface area contributed by atoms with Crippen LogP contribution in [0.25, 0.3) is 0 Å². The molecule has 0 aliphatic carbocycles. The van der Waals surface area contributed by atoms with E-state index in [0.29, 0.717) is 12.4 Å². The molecule has 0 aromatic heterocycles. The molecule has 27 heavy (non-hydrogen) atoms. The molecule has 3 aromatic carbocycles. The van der Waals surface area contributed by atoms with Crippen LogP contribution in [0.5, 0.6) is 5.75 Å². The minimum Gasteiger partial charge on any atom is -0.463 e. The van der Waals surface area contributed by atoms with Gasteiger partial charge < -0.3 is 14.6 Å². The molecule has 140 valence electrons. The van der Waals surface area contributed by atoms with Crippen molar-refractivity contribution in [1.82, 2.24) is 0 Å². The molecule has 2 atom stereocenters. The summed E-state index contributed by atoms with van der Waals surface area (Å²) in [6.45, 7) is 2.01. The largest absolute Gasteiger partial charge is 0.463 e. The average molecular weight is 366 g/mol. The van der Waals surface area contributed by atoms with Crippen LogP contribution >= 0.6 is 0 Å². The normalized spacial score (nSPS) is 14.3. The molecule has 2 unspecified atom stereocenters. The first-order valence-corrected chi connectivity index (χ1v) is 8.89. The van der Waals surface area contributed by atoms with Crippen LogP contribution in [-0.4, -0.2) is 10.9 Å². The number of hydrogen-bond donors (Lipinski definition) is 1. The lowest BCUT2D eigenvalue weighted by Crippen LogP contribution is -2.34. The van der Waals surface area contributed by atoms with Crippen molar-refractivity contribution in [2.75, 3.05) is 0 Å². The topological polar surface area (TPSA) is 38.7 Å². The maximum Gasteiger partial charge on any atom is 0.208 e. The Bertz CT molecular complexity index is 817. The lowest BCUT2D eigenvalue weighted by molar-refractivity contribution is -0.154. The van der Waals surface area contributed by atoms with Gasteiger partial charge in [0.15, 0.2) is 0 Å². The summed E-state index contributed by atoms with van der Waals surface area (Å²) in [5.74, 6) is -1.43. The molecule has 0 saturated heterocycles. The van der Waals surface area contributed by atoms with Gasteiger partial charge in [0.1, 0.15) is 11.6 Å². The van der Waals surface area contributed by atoms with E-state index in [1.165, 1.54) is 24.3 Å². The molecule has 0 fully saturated rings. The number of aliphatic hydroxyl groups is 1. The molecule has 0 aliphatic rings. The van der Waals surface area contributed by atoms with Gasteiger partial charge in [-0.25, -0.2) is 4.39 Å². The number of ether oxygens (including phenoxy) is 2. The van der Waals surface area contributed by atoms with Crippen molar-refractivity contribution in [3.8, 4) is 5.75 Å². The molecule has 3 nitrogen and oxygen atoms in total. The molecular formula is C23H23FO3. The number of halogens is 1. The van der Waals surface area contributed by atoms with Crippen LogP contribution in [0.3, 0.4) is 0 Å². The fourth-order valence-electron chi connectivity index (χ4n) is 2.85. The monoisotopic (exact) mass is 366 g/mol. The zero-order valence-corrected chi connectivity index (χ0v) is 15.2. The van der Waals surface area contributed by atoms with Crippen molar-refractivity contribution < 1.29 is 19.0 Å². The Morgan fingerprint density at radius 1 is 0.889 bits per heavy atom. The maximum absolute atomic E-state index is 13.1. The molecule has 3 aromatic rings. The summed E-state index contributed by atoms with van der Waals surface area (Å²) in [6.07, 6.45) is -0.136. The SMILES string of the molecule is CC(O)(CC(OCc1ccccc1)c1ccccc1)Oc1ccc(F)cc1. The summed E-state index contributed by atoms with van der Waals surface area (Å²) < 4.78 is 24.9. The second kappa shape index (κ2) is 8.80. The second-order valence-corrected chi connectivity index (χ2v) is 6.63. The fraction of sp³-hybridized carbons (Fsp3) is 0.217. The summed E-state index contributed by atoms with van der Waals surface area (Å²) in [4.78, 5) is 0. The van der Waals surface area contributed by atoms with Crippen molar-refractivity contribution in [2.24, 2.45) is 0 Å². The molecule has 3 rings (SSSR count). The van der Waals surface area contributed by atoms with Gasteiger partial charge in [-0.05, 0) is 35.4 Å². The lowest BCUT2D eigenvalue weighted by Gasteiger charge is -2.29. The molecule has 0 spiro atoms.